The van der Waals surface area contributed by atoms with Gasteiger partial charge in [0.25, 0.3) is 0 Å². The molecule has 29 heavy (non-hydrogen) atoms. The third kappa shape index (κ3) is 4.89. The first kappa shape index (κ1) is 19.9. The molecule has 0 spiro atoms. The minimum Gasteiger partial charge on any atom is -0.497 e. The molecular weight excluding hydrogens is 372 g/mol. The number of hydrogen-bond donors (Lipinski definition) is 3. The second kappa shape index (κ2) is 8.87. The van der Waals surface area contributed by atoms with Crippen LogP contribution in [0.4, 0.5) is 17.3 Å². The van der Waals surface area contributed by atoms with E-state index in [4.69, 9.17) is 15.2 Å². The summed E-state index contributed by atoms with van der Waals surface area (Å²) in [5.74, 6) is 1.23. The Labute approximate surface area is 168 Å². The fourth-order valence-corrected chi connectivity index (χ4v) is 2.50. The van der Waals surface area contributed by atoms with E-state index in [-0.39, 0.29) is 23.8 Å². The summed E-state index contributed by atoms with van der Waals surface area (Å²) in [7, 11) is 1.61. The Kier molecular flexibility index (Phi) is 6.08. The third-order valence-electron chi connectivity index (χ3n) is 3.92. The van der Waals surface area contributed by atoms with Gasteiger partial charge in [0.2, 0.25) is 0 Å². The van der Waals surface area contributed by atoms with Crippen LogP contribution in [0.3, 0.4) is 0 Å². The lowest BCUT2D eigenvalue weighted by Crippen LogP contribution is -2.14. The number of nitrogens with two attached hydrogens (primary N) is 1. The van der Waals surface area contributed by atoms with E-state index in [1.54, 1.807) is 26.2 Å². The lowest BCUT2D eigenvalue weighted by Gasteiger charge is -2.11. The first-order valence-electron chi connectivity index (χ1n) is 8.96. The summed E-state index contributed by atoms with van der Waals surface area (Å²) in [6.45, 7) is 3.79. The number of methoxy groups -OCH3 is 1. The predicted octanol–water partition coefficient (Wildman–Crippen LogP) is 3.19. The Morgan fingerprint density at radius 2 is 2.00 bits per heavy atom. The molecule has 0 atom stereocenters. The summed E-state index contributed by atoms with van der Waals surface area (Å²) >= 11 is 0. The standard InChI is InChI=1S/C20H22N6O3/c1-4-29-20(27)18-17(21)19(24-16-11-12(2)25-26-16)23-15(22-18)10-7-13-5-8-14(28-3)9-6-13/h5-11H,4,21H2,1-3H3,(H2,22,23,24,25,26). The van der Waals surface area contributed by atoms with Gasteiger partial charge in [-0.15, -0.1) is 0 Å². The summed E-state index contributed by atoms with van der Waals surface area (Å²) in [6.07, 6.45) is 3.51. The van der Waals surface area contributed by atoms with E-state index in [0.717, 1.165) is 17.0 Å². The van der Waals surface area contributed by atoms with E-state index in [0.29, 0.717) is 11.6 Å². The van der Waals surface area contributed by atoms with Crippen LogP contribution in [0.25, 0.3) is 12.2 Å². The van der Waals surface area contributed by atoms with E-state index in [2.05, 4.69) is 25.5 Å². The lowest BCUT2D eigenvalue weighted by molar-refractivity contribution is 0.0520. The van der Waals surface area contributed by atoms with Crippen LogP contribution in [0.15, 0.2) is 30.3 Å². The highest BCUT2D eigenvalue weighted by atomic mass is 16.5. The number of rotatable bonds is 7. The number of H-pyrrole nitrogens is 1. The third-order valence-corrected chi connectivity index (χ3v) is 3.92. The molecule has 9 heteroatoms. The quantitative estimate of drug-likeness (QED) is 0.521. The molecule has 0 aliphatic rings. The maximum absolute atomic E-state index is 12.3. The van der Waals surface area contributed by atoms with E-state index in [9.17, 15) is 4.79 Å². The number of ether oxygens (including phenoxy) is 2. The molecule has 0 radical (unpaired) electrons. The highest BCUT2D eigenvalue weighted by Gasteiger charge is 2.19. The molecule has 4 N–H and O–H groups in total. The molecule has 3 aromatic rings. The van der Waals surface area contributed by atoms with Gasteiger partial charge in [0.1, 0.15) is 11.4 Å². The summed E-state index contributed by atoms with van der Waals surface area (Å²) in [6, 6.07) is 9.27. The fourth-order valence-electron chi connectivity index (χ4n) is 2.50. The Morgan fingerprint density at radius 3 is 2.62 bits per heavy atom. The van der Waals surface area contributed by atoms with Crippen molar-refractivity contribution in [1.29, 1.82) is 0 Å². The Hall–Kier alpha value is -3.88. The van der Waals surface area contributed by atoms with Crippen molar-refractivity contribution >= 4 is 35.4 Å². The average Bonchev–Trinajstić information content (AvgIpc) is 3.13. The monoisotopic (exact) mass is 394 g/mol. The van der Waals surface area contributed by atoms with Crippen LogP contribution in [-0.4, -0.2) is 39.9 Å². The van der Waals surface area contributed by atoms with Crippen LogP contribution in [0.2, 0.25) is 0 Å². The number of aromatic nitrogens is 4. The molecule has 3 rings (SSSR count). The smallest absolute Gasteiger partial charge is 0.359 e. The van der Waals surface area contributed by atoms with Crippen LogP contribution in [0, 0.1) is 6.92 Å². The van der Waals surface area contributed by atoms with Crippen molar-refractivity contribution < 1.29 is 14.3 Å². The van der Waals surface area contributed by atoms with E-state index in [1.165, 1.54) is 0 Å². The van der Waals surface area contributed by atoms with Gasteiger partial charge < -0.3 is 20.5 Å². The van der Waals surface area contributed by atoms with Crippen LogP contribution >= 0.6 is 0 Å². The highest BCUT2D eigenvalue weighted by Crippen LogP contribution is 2.24. The maximum Gasteiger partial charge on any atom is 0.359 e. The molecule has 150 valence electrons. The minimum absolute atomic E-state index is 0.00834. The number of aromatic amines is 1. The first-order chi connectivity index (χ1) is 14.0. The first-order valence-corrected chi connectivity index (χ1v) is 8.96. The van der Waals surface area contributed by atoms with Gasteiger partial charge in [-0.3, -0.25) is 5.10 Å². The Bertz CT molecular complexity index is 1030. The molecule has 2 aromatic heterocycles. The number of nitrogens with zero attached hydrogens (tertiary/aromatic N) is 3. The van der Waals surface area contributed by atoms with E-state index < -0.39 is 5.97 Å². The van der Waals surface area contributed by atoms with Crippen LogP contribution in [0.1, 0.15) is 34.5 Å². The maximum atomic E-state index is 12.3. The normalized spacial score (nSPS) is 10.9. The number of hydrogen-bond acceptors (Lipinski definition) is 8. The van der Waals surface area contributed by atoms with Crippen molar-refractivity contribution in [2.75, 3.05) is 24.8 Å². The zero-order chi connectivity index (χ0) is 20.8. The van der Waals surface area contributed by atoms with E-state index in [1.807, 2.05) is 37.3 Å². The second-order valence-electron chi connectivity index (χ2n) is 6.08. The number of carbonyl (C=O) groups is 1. The molecule has 0 aliphatic heterocycles. The van der Waals surface area contributed by atoms with Gasteiger partial charge >= 0.3 is 5.97 Å². The van der Waals surface area contributed by atoms with E-state index >= 15 is 0 Å². The van der Waals surface area contributed by atoms with Gasteiger partial charge in [-0.1, -0.05) is 18.2 Å². The SMILES string of the molecule is CCOC(=O)c1nc(C=Cc2ccc(OC)cc2)nc(Nc2cc(C)[nH]n2)c1N. The molecule has 0 bridgehead atoms. The molecule has 0 saturated heterocycles. The van der Waals surface area contributed by atoms with Gasteiger partial charge in [-0.05, 0) is 37.6 Å². The van der Waals surface area contributed by atoms with Crippen molar-refractivity contribution in [3.63, 3.8) is 0 Å². The van der Waals surface area contributed by atoms with Crippen molar-refractivity contribution in [2.45, 2.75) is 13.8 Å². The van der Waals surface area contributed by atoms with Crippen molar-refractivity contribution in [1.82, 2.24) is 20.2 Å². The molecule has 1 aromatic carbocycles. The van der Waals surface area contributed by atoms with Crippen molar-refractivity contribution in [3.05, 3.63) is 53.1 Å². The molecule has 2 heterocycles. The van der Waals surface area contributed by atoms with Gasteiger partial charge in [0.15, 0.2) is 23.2 Å². The second-order valence-corrected chi connectivity index (χ2v) is 6.08. The molecule has 9 nitrogen and oxygen atoms in total. The number of nitrogen functional groups attached to an aromatic ring is 1. The molecule has 0 saturated carbocycles. The number of esters is 1. The van der Waals surface area contributed by atoms with Crippen LogP contribution in [0.5, 0.6) is 5.75 Å². The number of aryl methyl sites for hydroxylation is 1. The zero-order valence-corrected chi connectivity index (χ0v) is 16.4. The van der Waals surface area contributed by atoms with Gasteiger partial charge in [-0.2, -0.15) is 5.10 Å². The molecule has 0 fully saturated rings. The summed E-state index contributed by atoms with van der Waals surface area (Å²) in [5.41, 5.74) is 7.98. The molecule has 0 aliphatic carbocycles. The Balaban J connectivity index is 1.95. The van der Waals surface area contributed by atoms with Crippen molar-refractivity contribution in [3.8, 4) is 5.75 Å². The highest BCUT2D eigenvalue weighted by molar-refractivity contribution is 5.96. The number of carbonyl (C=O) groups excluding carboxylic acids is 1. The summed E-state index contributed by atoms with van der Waals surface area (Å²) in [5, 5.41) is 9.94. The number of benzene rings is 1. The van der Waals surface area contributed by atoms with Gasteiger partial charge in [-0.25, -0.2) is 14.8 Å². The van der Waals surface area contributed by atoms with Crippen LogP contribution in [-0.2, 0) is 4.74 Å². The molecular formula is C20H22N6O3. The fraction of sp³-hybridized carbons (Fsp3) is 0.200. The summed E-state index contributed by atoms with van der Waals surface area (Å²) in [4.78, 5) is 21.0. The number of anilines is 3. The molecule has 0 unspecified atom stereocenters. The predicted molar refractivity (Wildman–Crippen MR) is 111 cm³/mol. The van der Waals surface area contributed by atoms with Crippen molar-refractivity contribution in [2.24, 2.45) is 0 Å². The minimum atomic E-state index is -0.618. The van der Waals surface area contributed by atoms with Crippen LogP contribution < -0.4 is 15.8 Å². The van der Waals surface area contributed by atoms with Gasteiger partial charge in [0, 0.05) is 11.8 Å². The van der Waals surface area contributed by atoms with Gasteiger partial charge in [0.05, 0.1) is 13.7 Å². The largest absolute Gasteiger partial charge is 0.497 e. The topological polar surface area (TPSA) is 128 Å². The lowest BCUT2D eigenvalue weighted by atomic mass is 10.2. The Morgan fingerprint density at radius 1 is 1.24 bits per heavy atom. The average molecular weight is 394 g/mol. The molecule has 0 amide bonds. The summed E-state index contributed by atoms with van der Waals surface area (Å²) < 4.78 is 10.2. The number of nitrogens with one attached hydrogen (secondary N) is 2. The zero-order valence-electron chi connectivity index (χ0n) is 16.4.